The van der Waals surface area contributed by atoms with Gasteiger partial charge in [-0.15, -0.1) is 0 Å². The summed E-state index contributed by atoms with van der Waals surface area (Å²) in [5.41, 5.74) is 0.355. The van der Waals surface area contributed by atoms with Crippen molar-refractivity contribution in [3.63, 3.8) is 0 Å². The predicted molar refractivity (Wildman–Crippen MR) is 82.8 cm³/mol. The zero-order valence-corrected chi connectivity index (χ0v) is 13.8. The average Bonchev–Trinajstić information content (AvgIpc) is 2.38. The molecule has 1 saturated heterocycles. The lowest BCUT2D eigenvalue weighted by molar-refractivity contribution is -0.0600. The van der Waals surface area contributed by atoms with Crippen LogP contribution in [0.25, 0.3) is 0 Å². The molecule has 3 nitrogen and oxygen atoms in total. The van der Waals surface area contributed by atoms with Crippen molar-refractivity contribution < 1.29 is 9.84 Å². The number of nitrogens with zero attached hydrogens (tertiary/aromatic N) is 1. The normalized spacial score (nSPS) is 37.0. The highest BCUT2D eigenvalue weighted by Gasteiger charge is 2.39. The van der Waals surface area contributed by atoms with Crippen molar-refractivity contribution in [2.45, 2.75) is 78.0 Å². The van der Waals surface area contributed by atoms with Gasteiger partial charge in [0.05, 0.1) is 12.2 Å². The number of aliphatic hydroxyl groups is 1. The maximum Gasteiger partial charge on any atom is 0.0702 e. The highest BCUT2D eigenvalue weighted by molar-refractivity contribution is 4.92. The van der Waals surface area contributed by atoms with Gasteiger partial charge < -0.3 is 9.84 Å². The molecule has 4 atom stereocenters. The Morgan fingerprint density at radius 3 is 2.60 bits per heavy atom. The lowest BCUT2D eigenvalue weighted by atomic mass is 9.69. The van der Waals surface area contributed by atoms with Gasteiger partial charge in [-0.25, -0.2) is 0 Å². The van der Waals surface area contributed by atoms with E-state index in [0.29, 0.717) is 17.6 Å². The fraction of sp³-hybridized carbons (Fsp3) is 1.00. The molecule has 0 spiro atoms. The Bertz CT molecular complexity index is 298. The summed E-state index contributed by atoms with van der Waals surface area (Å²) in [5.74, 6) is 0.725. The molecule has 0 bridgehead atoms. The third-order valence-corrected chi connectivity index (χ3v) is 5.29. The molecule has 1 saturated carbocycles. The standard InChI is InChI=1S/C17H33NO2/c1-5-20-14-7-6-10-18(12-14)15-11-13(17(2,3)4)8-9-16(15)19/h13-16,19H,5-12H2,1-4H3. The van der Waals surface area contributed by atoms with Crippen LogP contribution in [0.15, 0.2) is 0 Å². The minimum Gasteiger partial charge on any atom is -0.391 e. The number of aliphatic hydroxyl groups excluding tert-OH is 1. The minimum atomic E-state index is -0.144. The zero-order chi connectivity index (χ0) is 14.8. The predicted octanol–water partition coefficient (Wildman–Crippen LogP) is 3.06. The molecule has 1 N–H and O–H groups in total. The molecule has 20 heavy (non-hydrogen) atoms. The first kappa shape index (κ1) is 16.3. The van der Waals surface area contributed by atoms with Crippen molar-refractivity contribution in [2.24, 2.45) is 11.3 Å². The molecule has 1 aliphatic carbocycles. The molecule has 2 aliphatic rings. The molecule has 4 unspecified atom stereocenters. The van der Waals surface area contributed by atoms with Crippen LogP contribution in [0.4, 0.5) is 0 Å². The van der Waals surface area contributed by atoms with E-state index < -0.39 is 0 Å². The molecular weight excluding hydrogens is 250 g/mol. The highest BCUT2D eigenvalue weighted by Crippen LogP contribution is 2.40. The second kappa shape index (κ2) is 6.76. The van der Waals surface area contributed by atoms with Crippen molar-refractivity contribution in [1.82, 2.24) is 4.90 Å². The Morgan fingerprint density at radius 1 is 1.20 bits per heavy atom. The van der Waals surface area contributed by atoms with Gasteiger partial charge in [-0.2, -0.15) is 0 Å². The Labute approximate surface area is 124 Å². The Kier molecular flexibility index (Phi) is 5.49. The second-order valence-electron chi connectivity index (χ2n) is 7.73. The van der Waals surface area contributed by atoms with E-state index in [1.165, 1.54) is 19.3 Å². The van der Waals surface area contributed by atoms with E-state index >= 15 is 0 Å². The smallest absolute Gasteiger partial charge is 0.0702 e. The molecule has 0 aromatic heterocycles. The van der Waals surface area contributed by atoms with Crippen LogP contribution < -0.4 is 0 Å². The van der Waals surface area contributed by atoms with E-state index in [1.807, 2.05) is 0 Å². The maximum atomic E-state index is 10.4. The van der Waals surface area contributed by atoms with Crippen molar-refractivity contribution >= 4 is 0 Å². The first-order valence-electron chi connectivity index (χ1n) is 8.45. The minimum absolute atomic E-state index is 0.144. The molecule has 0 radical (unpaired) electrons. The molecule has 0 amide bonds. The monoisotopic (exact) mass is 283 g/mol. The molecule has 3 heteroatoms. The SMILES string of the molecule is CCOC1CCCN(C2CC(C(C)(C)C)CCC2O)C1. The lowest BCUT2D eigenvalue weighted by Gasteiger charge is -2.46. The van der Waals surface area contributed by atoms with Gasteiger partial charge in [0.2, 0.25) is 0 Å². The third-order valence-electron chi connectivity index (χ3n) is 5.29. The fourth-order valence-electron chi connectivity index (χ4n) is 3.95. The van der Waals surface area contributed by atoms with Gasteiger partial charge in [0.25, 0.3) is 0 Å². The molecular formula is C17H33NO2. The molecule has 118 valence electrons. The average molecular weight is 283 g/mol. The first-order valence-corrected chi connectivity index (χ1v) is 8.45. The van der Waals surface area contributed by atoms with Crippen LogP contribution in [-0.2, 0) is 4.74 Å². The van der Waals surface area contributed by atoms with Crippen LogP contribution in [0.1, 0.15) is 59.8 Å². The number of rotatable bonds is 3. The molecule has 1 aliphatic heterocycles. The van der Waals surface area contributed by atoms with Crippen LogP contribution in [0.3, 0.4) is 0 Å². The first-order chi connectivity index (χ1) is 9.41. The van der Waals surface area contributed by atoms with E-state index in [0.717, 1.165) is 38.5 Å². The third kappa shape index (κ3) is 3.96. The summed E-state index contributed by atoms with van der Waals surface area (Å²) >= 11 is 0. The summed E-state index contributed by atoms with van der Waals surface area (Å²) in [5, 5.41) is 10.4. The van der Waals surface area contributed by atoms with Crippen molar-refractivity contribution in [2.75, 3.05) is 19.7 Å². The molecule has 2 rings (SSSR count). The van der Waals surface area contributed by atoms with Gasteiger partial charge in [0.15, 0.2) is 0 Å². The number of hydrogen-bond donors (Lipinski definition) is 1. The van der Waals surface area contributed by atoms with Gasteiger partial charge in [-0.05, 0) is 56.9 Å². The summed E-state index contributed by atoms with van der Waals surface area (Å²) in [6, 6.07) is 0.344. The molecule has 0 aromatic rings. The van der Waals surface area contributed by atoms with Crippen LogP contribution in [-0.4, -0.2) is 48.0 Å². The number of hydrogen-bond acceptors (Lipinski definition) is 3. The van der Waals surface area contributed by atoms with E-state index in [4.69, 9.17) is 4.74 Å². The van der Waals surface area contributed by atoms with Gasteiger partial charge in [0.1, 0.15) is 0 Å². The van der Waals surface area contributed by atoms with Crippen LogP contribution in [0.5, 0.6) is 0 Å². The Hall–Kier alpha value is -0.120. The van der Waals surface area contributed by atoms with E-state index in [9.17, 15) is 5.11 Å². The van der Waals surface area contributed by atoms with Crippen LogP contribution in [0.2, 0.25) is 0 Å². The maximum absolute atomic E-state index is 10.4. The second-order valence-corrected chi connectivity index (χ2v) is 7.73. The van der Waals surface area contributed by atoms with E-state index in [-0.39, 0.29) is 6.10 Å². The van der Waals surface area contributed by atoms with Gasteiger partial charge >= 0.3 is 0 Å². The summed E-state index contributed by atoms with van der Waals surface area (Å²) in [6.45, 7) is 12.0. The topological polar surface area (TPSA) is 32.7 Å². The number of piperidine rings is 1. The van der Waals surface area contributed by atoms with Crippen LogP contribution >= 0.6 is 0 Å². The Balaban J connectivity index is 1.98. The highest BCUT2D eigenvalue weighted by atomic mass is 16.5. The lowest BCUT2D eigenvalue weighted by Crippen LogP contribution is -2.53. The molecule has 1 heterocycles. The van der Waals surface area contributed by atoms with Crippen molar-refractivity contribution in [3.8, 4) is 0 Å². The number of ether oxygens (including phenoxy) is 1. The molecule has 0 aromatic carbocycles. The zero-order valence-electron chi connectivity index (χ0n) is 13.8. The quantitative estimate of drug-likeness (QED) is 0.864. The fourth-order valence-corrected chi connectivity index (χ4v) is 3.95. The summed E-state index contributed by atoms with van der Waals surface area (Å²) in [7, 11) is 0. The number of likely N-dealkylation sites (tertiary alicyclic amines) is 1. The molecule has 2 fully saturated rings. The largest absolute Gasteiger partial charge is 0.391 e. The van der Waals surface area contributed by atoms with Gasteiger partial charge in [-0.3, -0.25) is 4.90 Å². The van der Waals surface area contributed by atoms with Crippen LogP contribution in [0, 0.1) is 11.3 Å². The van der Waals surface area contributed by atoms with E-state index in [2.05, 4.69) is 32.6 Å². The summed E-state index contributed by atoms with van der Waals surface area (Å²) in [4.78, 5) is 2.51. The van der Waals surface area contributed by atoms with Crippen molar-refractivity contribution in [1.29, 1.82) is 0 Å². The Morgan fingerprint density at radius 2 is 1.95 bits per heavy atom. The van der Waals surface area contributed by atoms with E-state index in [1.54, 1.807) is 0 Å². The summed E-state index contributed by atoms with van der Waals surface area (Å²) in [6.07, 6.45) is 5.88. The summed E-state index contributed by atoms with van der Waals surface area (Å²) < 4.78 is 5.81. The van der Waals surface area contributed by atoms with Crippen molar-refractivity contribution in [3.05, 3.63) is 0 Å². The van der Waals surface area contributed by atoms with Gasteiger partial charge in [0, 0.05) is 19.2 Å². The van der Waals surface area contributed by atoms with Gasteiger partial charge in [-0.1, -0.05) is 20.8 Å².